The van der Waals surface area contributed by atoms with E-state index >= 15 is 0 Å². The molecular weight excluding hydrogens is 340 g/mol. The zero-order valence-electron chi connectivity index (χ0n) is 12.1. The summed E-state index contributed by atoms with van der Waals surface area (Å²) in [5.41, 5.74) is 0.0190. The molecule has 2 aromatic carbocycles. The number of nitro benzene ring substituents is 1. The molecule has 0 spiro atoms. The second-order valence-corrected chi connectivity index (χ2v) is 5.72. The highest BCUT2D eigenvalue weighted by Gasteiger charge is 2.14. The van der Waals surface area contributed by atoms with Crippen molar-refractivity contribution < 1.29 is 14.5 Å². The Hall–Kier alpha value is -2.25. The van der Waals surface area contributed by atoms with Gasteiger partial charge in [-0.3, -0.25) is 14.9 Å². The fourth-order valence-corrected chi connectivity index (χ4v) is 2.34. The maximum absolute atomic E-state index is 11.8. The summed E-state index contributed by atoms with van der Waals surface area (Å²) in [6.45, 7) is -0.199. The Bertz CT molecular complexity index is 722. The Morgan fingerprint density at radius 2 is 2.00 bits per heavy atom. The molecule has 0 atom stereocenters. The molecule has 6 nitrogen and oxygen atoms in total. The van der Waals surface area contributed by atoms with Gasteiger partial charge in [-0.25, -0.2) is 0 Å². The standard InChI is InChI=1S/C15H13ClN2O4S/c1-23-12-5-3-11(4-6-12)22-9-15(19)17-10-2-7-13(16)14(8-10)18(20)21/h2-8H,9H2,1H3,(H,17,19). The number of nitro groups is 1. The van der Waals surface area contributed by atoms with E-state index in [0.717, 1.165) is 4.90 Å². The van der Waals surface area contributed by atoms with Crippen molar-refractivity contribution in [3.8, 4) is 5.75 Å². The number of amides is 1. The summed E-state index contributed by atoms with van der Waals surface area (Å²) < 4.78 is 5.36. The number of rotatable bonds is 6. The average Bonchev–Trinajstić information content (AvgIpc) is 2.55. The van der Waals surface area contributed by atoms with E-state index in [-0.39, 0.29) is 23.0 Å². The van der Waals surface area contributed by atoms with Crippen molar-refractivity contribution in [2.75, 3.05) is 18.2 Å². The third-order valence-corrected chi connectivity index (χ3v) is 3.92. The number of ether oxygens (including phenoxy) is 1. The summed E-state index contributed by atoms with van der Waals surface area (Å²) in [5.74, 6) is 0.149. The molecule has 23 heavy (non-hydrogen) atoms. The molecule has 0 aromatic heterocycles. The third kappa shape index (κ3) is 4.87. The molecule has 1 amide bonds. The minimum Gasteiger partial charge on any atom is -0.484 e. The smallest absolute Gasteiger partial charge is 0.289 e. The summed E-state index contributed by atoms with van der Waals surface area (Å²) in [6.07, 6.45) is 1.97. The maximum atomic E-state index is 11.8. The fraction of sp³-hybridized carbons (Fsp3) is 0.133. The van der Waals surface area contributed by atoms with Gasteiger partial charge in [0, 0.05) is 16.6 Å². The second kappa shape index (κ2) is 7.85. The Kier molecular flexibility index (Phi) is 5.84. The number of nitrogens with one attached hydrogen (secondary N) is 1. The van der Waals surface area contributed by atoms with E-state index in [2.05, 4.69) is 5.32 Å². The van der Waals surface area contributed by atoms with Gasteiger partial charge in [0.1, 0.15) is 10.8 Å². The molecule has 0 saturated heterocycles. The van der Waals surface area contributed by atoms with Crippen molar-refractivity contribution in [1.29, 1.82) is 0 Å². The van der Waals surface area contributed by atoms with E-state index in [0.29, 0.717) is 5.75 Å². The van der Waals surface area contributed by atoms with Gasteiger partial charge in [0.25, 0.3) is 11.6 Å². The molecule has 0 aliphatic heterocycles. The van der Waals surface area contributed by atoms with Gasteiger partial charge in [0.15, 0.2) is 6.61 Å². The summed E-state index contributed by atoms with van der Waals surface area (Å²) in [7, 11) is 0. The molecule has 0 bridgehead atoms. The van der Waals surface area contributed by atoms with E-state index in [1.165, 1.54) is 18.2 Å². The number of carbonyl (C=O) groups is 1. The number of nitrogens with zero attached hydrogens (tertiary/aromatic N) is 1. The first-order valence-corrected chi connectivity index (χ1v) is 8.10. The Morgan fingerprint density at radius 1 is 1.30 bits per heavy atom. The summed E-state index contributed by atoms with van der Waals surface area (Å²) in [4.78, 5) is 23.1. The van der Waals surface area contributed by atoms with Crippen LogP contribution in [0.1, 0.15) is 0 Å². The van der Waals surface area contributed by atoms with E-state index < -0.39 is 10.8 Å². The van der Waals surface area contributed by atoms with Gasteiger partial charge in [0.2, 0.25) is 0 Å². The number of benzene rings is 2. The number of hydrogen-bond acceptors (Lipinski definition) is 5. The van der Waals surface area contributed by atoms with Crippen LogP contribution in [0.3, 0.4) is 0 Å². The molecule has 0 saturated carbocycles. The SMILES string of the molecule is CSc1ccc(OCC(=O)Nc2ccc(Cl)c([N+](=O)[O-])c2)cc1. The van der Waals surface area contributed by atoms with Crippen molar-refractivity contribution >= 4 is 40.6 Å². The van der Waals surface area contributed by atoms with Gasteiger partial charge in [-0.1, -0.05) is 11.6 Å². The van der Waals surface area contributed by atoms with E-state index in [1.807, 2.05) is 18.4 Å². The summed E-state index contributed by atoms with van der Waals surface area (Å²) in [5, 5.41) is 13.3. The van der Waals surface area contributed by atoms with Crippen molar-refractivity contribution in [1.82, 2.24) is 0 Å². The van der Waals surface area contributed by atoms with E-state index in [1.54, 1.807) is 23.9 Å². The highest BCUT2D eigenvalue weighted by Crippen LogP contribution is 2.27. The topological polar surface area (TPSA) is 81.5 Å². The number of hydrogen-bond donors (Lipinski definition) is 1. The van der Waals surface area contributed by atoms with Crippen LogP contribution in [0.25, 0.3) is 0 Å². The van der Waals surface area contributed by atoms with Crippen LogP contribution in [0.15, 0.2) is 47.4 Å². The lowest BCUT2D eigenvalue weighted by Gasteiger charge is -2.08. The number of halogens is 1. The number of thioether (sulfide) groups is 1. The Balaban J connectivity index is 1.94. The first kappa shape index (κ1) is 17.1. The van der Waals surface area contributed by atoms with Gasteiger partial charge in [-0.15, -0.1) is 11.8 Å². The molecule has 120 valence electrons. The molecule has 0 heterocycles. The number of anilines is 1. The fourth-order valence-electron chi connectivity index (χ4n) is 1.75. The zero-order chi connectivity index (χ0) is 16.8. The minimum atomic E-state index is -0.609. The molecule has 8 heteroatoms. The molecule has 2 aromatic rings. The molecule has 0 fully saturated rings. The molecule has 1 N–H and O–H groups in total. The molecule has 0 aliphatic carbocycles. The van der Waals surface area contributed by atoms with Gasteiger partial charge >= 0.3 is 0 Å². The van der Waals surface area contributed by atoms with Crippen molar-refractivity contribution in [2.24, 2.45) is 0 Å². The highest BCUT2D eigenvalue weighted by atomic mass is 35.5. The average molecular weight is 353 g/mol. The van der Waals surface area contributed by atoms with Crippen LogP contribution < -0.4 is 10.1 Å². The lowest BCUT2D eigenvalue weighted by Crippen LogP contribution is -2.20. The highest BCUT2D eigenvalue weighted by molar-refractivity contribution is 7.98. The first-order valence-electron chi connectivity index (χ1n) is 6.50. The lowest BCUT2D eigenvalue weighted by atomic mass is 10.3. The quantitative estimate of drug-likeness (QED) is 0.483. The molecule has 2 rings (SSSR count). The van der Waals surface area contributed by atoms with Crippen LogP contribution in [0.4, 0.5) is 11.4 Å². The number of carbonyl (C=O) groups excluding carboxylic acids is 1. The molecule has 0 aliphatic rings. The Morgan fingerprint density at radius 3 is 2.61 bits per heavy atom. The van der Waals surface area contributed by atoms with Crippen molar-refractivity contribution in [3.05, 3.63) is 57.6 Å². The second-order valence-electron chi connectivity index (χ2n) is 4.44. The van der Waals surface area contributed by atoms with Gasteiger partial charge in [-0.2, -0.15) is 0 Å². The predicted octanol–water partition coefficient (Wildman–Crippen LogP) is 3.99. The Labute approximate surface area is 141 Å². The zero-order valence-corrected chi connectivity index (χ0v) is 13.7. The monoisotopic (exact) mass is 352 g/mol. The van der Waals surface area contributed by atoms with E-state index in [9.17, 15) is 14.9 Å². The van der Waals surface area contributed by atoms with Crippen LogP contribution >= 0.6 is 23.4 Å². The summed E-state index contributed by atoms with van der Waals surface area (Å²) in [6, 6.07) is 11.4. The van der Waals surface area contributed by atoms with Gasteiger partial charge < -0.3 is 10.1 Å². The van der Waals surface area contributed by atoms with E-state index in [4.69, 9.17) is 16.3 Å². The normalized spacial score (nSPS) is 10.2. The largest absolute Gasteiger partial charge is 0.484 e. The van der Waals surface area contributed by atoms with Crippen molar-refractivity contribution in [3.63, 3.8) is 0 Å². The van der Waals surface area contributed by atoms with Crippen LogP contribution in [-0.4, -0.2) is 23.7 Å². The van der Waals surface area contributed by atoms with Crippen LogP contribution in [0.5, 0.6) is 5.75 Å². The van der Waals surface area contributed by atoms with Crippen molar-refractivity contribution in [2.45, 2.75) is 4.90 Å². The molecule has 0 unspecified atom stereocenters. The minimum absolute atomic E-state index is 0.0122. The van der Waals surface area contributed by atoms with Gasteiger partial charge in [-0.05, 0) is 42.7 Å². The molecular formula is C15H13ClN2O4S. The van der Waals surface area contributed by atoms with Crippen LogP contribution in [0.2, 0.25) is 5.02 Å². The van der Waals surface area contributed by atoms with Crippen LogP contribution in [0, 0.1) is 10.1 Å². The lowest BCUT2D eigenvalue weighted by molar-refractivity contribution is -0.384. The first-order chi connectivity index (χ1) is 11.0. The van der Waals surface area contributed by atoms with Gasteiger partial charge in [0.05, 0.1) is 4.92 Å². The third-order valence-electron chi connectivity index (χ3n) is 2.86. The molecule has 0 radical (unpaired) electrons. The summed E-state index contributed by atoms with van der Waals surface area (Å²) >= 11 is 7.32. The van der Waals surface area contributed by atoms with Crippen LogP contribution in [-0.2, 0) is 4.79 Å². The maximum Gasteiger partial charge on any atom is 0.289 e. The predicted molar refractivity (Wildman–Crippen MR) is 90.5 cm³/mol.